The lowest BCUT2D eigenvalue weighted by atomic mass is 9.80. The van der Waals surface area contributed by atoms with E-state index in [4.69, 9.17) is 5.11 Å². The van der Waals surface area contributed by atoms with Crippen molar-refractivity contribution in [3.63, 3.8) is 0 Å². The summed E-state index contributed by atoms with van der Waals surface area (Å²) in [4.78, 5) is 36.9. The van der Waals surface area contributed by atoms with Crippen molar-refractivity contribution < 1.29 is 19.5 Å². The Morgan fingerprint density at radius 3 is 2.57 bits per heavy atom. The molecule has 1 heterocycles. The molecular weight excluding hydrogens is 272 g/mol. The first-order valence-corrected chi connectivity index (χ1v) is 7.85. The molecule has 0 aromatic carbocycles. The van der Waals surface area contributed by atoms with Crippen LogP contribution in [-0.2, 0) is 14.4 Å². The number of hydrogen-bond acceptors (Lipinski definition) is 3. The van der Waals surface area contributed by atoms with Crippen molar-refractivity contribution in [1.29, 1.82) is 0 Å². The van der Waals surface area contributed by atoms with Gasteiger partial charge in [0.25, 0.3) is 0 Å². The Morgan fingerprint density at radius 1 is 1.24 bits per heavy atom. The number of aliphatic carboxylic acids is 1. The molecule has 2 rings (SSSR count). The van der Waals surface area contributed by atoms with E-state index in [2.05, 4.69) is 5.32 Å². The summed E-state index contributed by atoms with van der Waals surface area (Å²) in [6, 6.07) is -0.426. The molecule has 0 spiro atoms. The Hall–Kier alpha value is -1.59. The van der Waals surface area contributed by atoms with Gasteiger partial charge >= 0.3 is 5.97 Å². The van der Waals surface area contributed by atoms with E-state index in [0.29, 0.717) is 32.2 Å². The topological polar surface area (TPSA) is 86.7 Å². The van der Waals surface area contributed by atoms with Crippen molar-refractivity contribution in [1.82, 2.24) is 10.2 Å². The molecule has 0 aromatic heterocycles. The number of carboxylic acids is 1. The van der Waals surface area contributed by atoms with Crippen LogP contribution in [0.15, 0.2) is 0 Å². The molecule has 1 saturated carbocycles. The van der Waals surface area contributed by atoms with E-state index < -0.39 is 5.97 Å². The number of nitrogens with zero attached hydrogens (tertiary/aromatic N) is 1. The minimum absolute atomic E-state index is 0.0503. The summed E-state index contributed by atoms with van der Waals surface area (Å²) in [5.74, 6) is -1.19. The number of nitrogens with one attached hydrogen (secondary N) is 1. The zero-order chi connectivity index (χ0) is 15.4. The van der Waals surface area contributed by atoms with Crippen LogP contribution in [-0.4, -0.2) is 46.4 Å². The second kappa shape index (κ2) is 6.91. The van der Waals surface area contributed by atoms with Gasteiger partial charge in [-0.1, -0.05) is 6.92 Å². The highest BCUT2D eigenvalue weighted by Crippen LogP contribution is 2.28. The fraction of sp³-hybridized carbons (Fsp3) is 0.800. The molecule has 6 nitrogen and oxygen atoms in total. The summed E-state index contributed by atoms with van der Waals surface area (Å²) in [6.07, 6.45) is 4.87. The molecule has 0 aromatic rings. The van der Waals surface area contributed by atoms with Crippen LogP contribution in [0.25, 0.3) is 0 Å². The molecule has 2 fully saturated rings. The Kier molecular flexibility index (Phi) is 5.20. The lowest BCUT2D eigenvalue weighted by Crippen LogP contribution is -2.56. The predicted molar refractivity (Wildman–Crippen MR) is 76.6 cm³/mol. The normalized spacial score (nSPS) is 28.6. The third-order valence-corrected chi connectivity index (χ3v) is 4.42. The van der Waals surface area contributed by atoms with Gasteiger partial charge in [0.2, 0.25) is 11.8 Å². The van der Waals surface area contributed by atoms with Gasteiger partial charge in [-0.25, -0.2) is 0 Å². The van der Waals surface area contributed by atoms with Crippen LogP contribution in [0.3, 0.4) is 0 Å². The number of rotatable bonds is 5. The monoisotopic (exact) mass is 296 g/mol. The first kappa shape index (κ1) is 15.8. The number of piperidine rings is 1. The van der Waals surface area contributed by atoms with E-state index in [1.54, 1.807) is 4.90 Å². The summed E-state index contributed by atoms with van der Waals surface area (Å²) in [6.45, 7) is 2.61. The van der Waals surface area contributed by atoms with Gasteiger partial charge in [-0.15, -0.1) is 0 Å². The van der Waals surface area contributed by atoms with Crippen LogP contribution in [0.2, 0.25) is 0 Å². The van der Waals surface area contributed by atoms with Crippen molar-refractivity contribution in [2.45, 2.75) is 64.0 Å². The first-order valence-electron chi connectivity index (χ1n) is 7.85. The van der Waals surface area contributed by atoms with E-state index in [0.717, 1.165) is 19.3 Å². The molecule has 118 valence electrons. The van der Waals surface area contributed by atoms with E-state index >= 15 is 0 Å². The van der Waals surface area contributed by atoms with Gasteiger partial charge in [0, 0.05) is 19.0 Å². The molecule has 6 heteroatoms. The quantitative estimate of drug-likeness (QED) is 0.796. The largest absolute Gasteiger partial charge is 0.481 e. The minimum atomic E-state index is -0.794. The minimum Gasteiger partial charge on any atom is -0.481 e. The second-order valence-electron chi connectivity index (χ2n) is 6.06. The Bertz CT molecular complexity index is 418. The summed E-state index contributed by atoms with van der Waals surface area (Å²) in [5.41, 5.74) is 0. The van der Waals surface area contributed by atoms with Gasteiger partial charge in [-0.05, 0) is 38.5 Å². The van der Waals surface area contributed by atoms with Gasteiger partial charge in [-0.3, -0.25) is 14.4 Å². The molecule has 0 radical (unpaired) electrons. The lowest BCUT2D eigenvalue weighted by Gasteiger charge is -2.38. The zero-order valence-corrected chi connectivity index (χ0v) is 12.5. The molecule has 21 heavy (non-hydrogen) atoms. The average molecular weight is 296 g/mol. The second-order valence-corrected chi connectivity index (χ2v) is 6.06. The molecule has 0 bridgehead atoms. The maximum atomic E-state index is 12.3. The molecule has 1 aliphatic carbocycles. The van der Waals surface area contributed by atoms with Gasteiger partial charge in [0.1, 0.15) is 6.04 Å². The molecule has 2 N–H and O–H groups in total. The van der Waals surface area contributed by atoms with Crippen LogP contribution < -0.4 is 5.32 Å². The number of carbonyl (C=O) groups excluding carboxylic acids is 2. The molecular formula is C15H24N2O4. The molecule has 1 saturated heterocycles. The van der Waals surface area contributed by atoms with Crippen molar-refractivity contribution in [2.75, 3.05) is 6.54 Å². The predicted octanol–water partition coefficient (Wildman–Crippen LogP) is 1.15. The number of amides is 2. The fourth-order valence-corrected chi connectivity index (χ4v) is 3.09. The highest BCUT2D eigenvalue weighted by Gasteiger charge is 2.38. The molecule has 1 unspecified atom stereocenters. The first-order chi connectivity index (χ1) is 10.0. The maximum Gasteiger partial charge on any atom is 0.306 e. The number of carbonyl (C=O) groups is 3. The van der Waals surface area contributed by atoms with Crippen molar-refractivity contribution in [3.05, 3.63) is 0 Å². The summed E-state index contributed by atoms with van der Waals surface area (Å²) >= 11 is 0. The molecule has 2 aliphatic rings. The Balaban J connectivity index is 1.87. The van der Waals surface area contributed by atoms with Gasteiger partial charge < -0.3 is 15.3 Å². The smallest absolute Gasteiger partial charge is 0.306 e. The Morgan fingerprint density at radius 2 is 1.95 bits per heavy atom. The zero-order valence-electron chi connectivity index (χ0n) is 12.5. The highest BCUT2D eigenvalue weighted by molar-refractivity contribution is 5.88. The van der Waals surface area contributed by atoms with Gasteiger partial charge in [-0.2, -0.15) is 0 Å². The summed E-state index contributed by atoms with van der Waals surface area (Å²) in [7, 11) is 0. The van der Waals surface area contributed by atoms with Gasteiger partial charge in [0.05, 0.1) is 5.92 Å². The number of hydrogen-bond donors (Lipinski definition) is 2. The van der Waals surface area contributed by atoms with Crippen LogP contribution >= 0.6 is 0 Å². The van der Waals surface area contributed by atoms with Crippen molar-refractivity contribution in [2.24, 2.45) is 5.92 Å². The molecule has 1 atom stereocenters. The van der Waals surface area contributed by atoms with E-state index in [1.165, 1.54) is 0 Å². The SMILES string of the molecule is CCCC(=O)N1CCCCC1C(=O)NC1CC(C(=O)O)C1. The third kappa shape index (κ3) is 3.74. The van der Waals surface area contributed by atoms with Gasteiger partial charge in [0.15, 0.2) is 0 Å². The third-order valence-electron chi connectivity index (χ3n) is 4.42. The summed E-state index contributed by atoms with van der Waals surface area (Å²) in [5, 5.41) is 11.7. The van der Waals surface area contributed by atoms with Crippen LogP contribution in [0.1, 0.15) is 51.9 Å². The van der Waals surface area contributed by atoms with Crippen LogP contribution in [0.4, 0.5) is 0 Å². The maximum absolute atomic E-state index is 12.3. The van der Waals surface area contributed by atoms with E-state index in [9.17, 15) is 14.4 Å². The van der Waals surface area contributed by atoms with E-state index in [-0.39, 0.29) is 29.8 Å². The van der Waals surface area contributed by atoms with Crippen LogP contribution in [0, 0.1) is 5.92 Å². The molecule has 2 amide bonds. The van der Waals surface area contributed by atoms with Crippen molar-refractivity contribution >= 4 is 17.8 Å². The average Bonchev–Trinajstić information content (AvgIpc) is 2.42. The summed E-state index contributed by atoms with van der Waals surface area (Å²) < 4.78 is 0. The lowest BCUT2D eigenvalue weighted by molar-refractivity contribution is -0.147. The molecule has 1 aliphatic heterocycles. The highest BCUT2D eigenvalue weighted by atomic mass is 16.4. The number of likely N-dealkylation sites (tertiary alicyclic amines) is 1. The fourth-order valence-electron chi connectivity index (χ4n) is 3.09. The number of carboxylic acid groups (broad SMARTS) is 1. The standard InChI is InChI=1S/C15H24N2O4/c1-2-5-13(18)17-7-4-3-6-12(17)14(19)16-11-8-10(9-11)15(20)21/h10-12H,2-9H2,1H3,(H,16,19)(H,20,21). The van der Waals surface area contributed by atoms with Crippen molar-refractivity contribution in [3.8, 4) is 0 Å². The Labute approximate surface area is 124 Å². The van der Waals surface area contributed by atoms with Crippen LogP contribution in [0.5, 0.6) is 0 Å². The van der Waals surface area contributed by atoms with E-state index in [1.807, 2.05) is 6.92 Å².